The SMILES string of the molecule is O=C1CCC/C=C\CO[C@@H]2C[C@H](NC[C@@H](O)[C@H](Cc3cc(F)cc(F)c3)N1)c1cc(-c3cc(C(F)(F)F)cc(C(F)(F)F)c3)ccc12. The summed E-state index contributed by atoms with van der Waals surface area (Å²) in [7, 11) is 0. The van der Waals surface area contributed by atoms with Crippen LogP contribution in [0.4, 0.5) is 35.1 Å². The van der Waals surface area contributed by atoms with Gasteiger partial charge in [-0.05, 0) is 89.9 Å². The molecule has 2 aliphatic rings. The predicted molar refractivity (Wildman–Crippen MR) is 157 cm³/mol. The maximum Gasteiger partial charge on any atom is 0.416 e. The molecule has 13 heteroatoms. The molecular formula is C34H32F8N2O3. The van der Waals surface area contributed by atoms with Crippen LogP contribution in [0.3, 0.4) is 0 Å². The van der Waals surface area contributed by atoms with E-state index < -0.39 is 59.4 Å². The minimum Gasteiger partial charge on any atom is -0.390 e. The molecule has 0 spiro atoms. The maximum absolute atomic E-state index is 13.9. The summed E-state index contributed by atoms with van der Waals surface area (Å²) in [6.07, 6.45) is -6.64. The topological polar surface area (TPSA) is 70.6 Å². The van der Waals surface area contributed by atoms with Gasteiger partial charge < -0.3 is 20.5 Å². The maximum atomic E-state index is 13.9. The highest BCUT2D eigenvalue weighted by atomic mass is 19.4. The van der Waals surface area contributed by atoms with E-state index in [1.165, 1.54) is 12.1 Å². The molecule has 0 fully saturated rings. The third-order valence-electron chi connectivity index (χ3n) is 8.28. The van der Waals surface area contributed by atoms with Crippen molar-refractivity contribution >= 4 is 5.91 Å². The van der Waals surface area contributed by atoms with E-state index in [0.29, 0.717) is 48.6 Å². The average Bonchev–Trinajstić information content (AvgIpc) is 3.33. The quantitative estimate of drug-likeness (QED) is 0.199. The van der Waals surface area contributed by atoms with Crippen LogP contribution in [0.25, 0.3) is 11.1 Å². The van der Waals surface area contributed by atoms with Gasteiger partial charge in [-0.15, -0.1) is 0 Å². The zero-order chi connectivity index (χ0) is 33.9. The molecule has 1 aliphatic heterocycles. The van der Waals surface area contributed by atoms with Gasteiger partial charge in [0.1, 0.15) is 11.6 Å². The Bertz CT molecular complexity index is 1570. The summed E-state index contributed by atoms with van der Waals surface area (Å²) in [5, 5.41) is 17.2. The number of hydrogen-bond donors (Lipinski definition) is 3. The number of ether oxygens (including phenoxy) is 1. The first-order valence-corrected chi connectivity index (χ1v) is 15.0. The lowest BCUT2D eigenvalue weighted by Crippen LogP contribution is -2.49. The van der Waals surface area contributed by atoms with Crippen molar-refractivity contribution in [1.29, 1.82) is 0 Å². The van der Waals surface area contributed by atoms with Gasteiger partial charge in [0.05, 0.1) is 36.0 Å². The molecule has 3 N–H and O–H groups in total. The van der Waals surface area contributed by atoms with Crippen LogP contribution >= 0.6 is 0 Å². The van der Waals surface area contributed by atoms with Gasteiger partial charge in [0.15, 0.2) is 0 Å². The number of hydrogen-bond acceptors (Lipinski definition) is 4. The largest absolute Gasteiger partial charge is 0.416 e. The Balaban J connectivity index is 1.47. The second-order valence-electron chi connectivity index (χ2n) is 11.7. The molecular weight excluding hydrogens is 636 g/mol. The van der Waals surface area contributed by atoms with Gasteiger partial charge in [0.2, 0.25) is 5.91 Å². The second kappa shape index (κ2) is 14.1. The number of rotatable bonds is 3. The van der Waals surface area contributed by atoms with Crippen molar-refractivity contribution in [3.05, 3.63) is 106 Å². The van der Waals surface area contributed by atoms with E-state index in [9.17, 15) is 45.0 Å². The standard InChI is InChI=1S/C34H32F8N2O3/c35-24-9-19(10-25(36)16-24)11-29-30(45)18-43-28-17-31(47-8-4-2-1-3-5-32(46)44-29)26-7-6-20(14-27(26)28)21-12-22(33(37,38)39)15-23(13-21)34(40,41)42/h2,4,6-7,9-10,12-16,28-31,43,45H,1,3,5,8,11,17-18H2,(H,44,46)/b4-2-/t28-,29-,30+,31+/m0/s1. The van der Waals surface area contributed by atoms with Gasteiger partial charge in [0.25, 0.3) is 0 Å². The number of carbonyl (C=O) groups is 1. The zero-order valence-corrected chi connectivity index (χ0v) is 24.9. The van der Waals surface area contributed by atoms with Crippen molar-refractivity contribution < 1.29 is 49.8 Å². The minimum absolute atomic E-state index is 0.0739. The van der Waals surface area contributed by atoms with E-state index in [1.807, 2.05) is 6.08 Å². The van der Waals surface area contributed by atoms with Crippen molar-refractivity contribution in [3.8, 4) is 11.1 Å². The molecule has 1 amide bonds. The minimum atomic E-state index is -5.01. The van der Waals surface area contributed by atoms with E-state index in [-0.39, 0.29) is 54.7 Å². The summed E-state index contributed by atoms with van der Waals surface area (Å²) < 4.78 is 115. The Hall–Kier alpha value is -3.81. The van der Waals surface area contributed by atoms with Gasteiger partial charge in [-0.2, -0.15) is 26.3 Å². The van der Waals surface area contributed by atoms with Crippen molar-refractivity contribution in [1.82, 2.24) is 10.6 Å². The molecule has 1 heterocycles. The molecule has 1 aliphatic carbocycles. The number of amides is 1. The Morgan fingerprint density at radius 3 is 2.17 bits per heavy atom. The first kappa shape index (κ1) is 34.5. The first-order valence-electron chi connectivity index (χ1n) is 15.0. The summed E-state index contributed by atoms with van der Waals surface area (Å²) in [4.78, 5) is 12.7. The van der Waals surface area contributed by atoms with Crippen molar-refractivity contribution in [2.75, 3.05) is 13.2 Å². The van der Waals surface area contributed by atoms with Crippen LogP contribution in [-0.2, 0) is 28.3 Å². The summed E-state index contributed by atoms with van der Waals surface area (Å²) in [6.45, 7) is 0.105. The van der Waals surface area contributed by atoms with Crippen molar-refractivity contribution in [3.63, 3.8) is 0 Å². The molecule has 0 radical (unpaired) electrons. The van der Waals surface area contributed by atoms with Crippen molar-refractivity contribution in [2.45, 2.75) is 68.7 Å². The van der Waals surface area contributed by atoms with Gasteiger partial charge in [0, 0.05) is 25.1 Å². The third kappa shape index (κ3) is 8.76. The van der Waals surface area contributed by atoms with Crippen LogP contribution in [0.2, 0.25) is 0 Å². The van der Waals surface area contributed by atoms with Crippen LogP contribution in [0.1, 0.15) is 65.6 Å². The first-order chi connectivity index (χ1) is 22.2. The molecule has 0 saturated heterocycles. The lowest BCUT2D eigenvalue weighted by atomic mass is 9.95. The number of carbonyl (C=O) groups excluding carboxylic acids is 1. The molecule has 0 saturated carbocycles. The van der Waals surface area contributed by atoms with Gasteiger partial charge in [-0.25, -0.2) is 8.78 Å². The number of nitrogens with one attached hydrogen (secondary N) is 2. The highest BCUT2D eigenvalue weighted by molar-refractivity contribution is 5.76. The fraction of sp³-hybridized carbons (Fsp3) is 0.382. The molecule has 5 nitrogen and oxygen atoms in total. The fourth-order valence-electron chi connectivity index (χ4n) is 5.98. The Labute approximate surface area is 265 Å². The summed E-state index contributed by atoms with van der Waals surface area (Å²) in [5.41, 5.74) is -1.56. The van der Waals surface area contributed by atoms with Gasteiger partial charge in [-0.3, -0.25) is 4.79 Å². The van der Waals surface area contributed by atoms with Crippen LogP contribution in [0.5, 0.6) is 0 Å². The lowest BCUT2D eigenvalue weighted by molar-refractivity contribution is -0.143. The molecule has 2 bridgehead atoms. The summed E-state index contributed by atoms with van der Waals surface area (Å²) in [6, 6.07) is 7.41. The van der Waals surface area contributed by atoms with Crippen LogP contribution < -0.4 is 10.6 Å². The molecule has 4 atom stereocenters. The lowest BCUT2D eigenvalue weighted by Gasteiger charge is -2.26. The molecule has 3 aromatic carbocycles. The molecule has 0 unspecified atom stereocenters. The predicted octanol–water partition coefficient (Wildman–Crippen LogP) is 7.59. The van der Waals surface area contributed by atoms with E-state index in [0.717, 1.165) is 12.1 Å². The van der Waals surface area contributed by atoms with Gasteiger partial charge >= 0.3 is 12.4 Å². The number of fused-ring (bicyclic) bond motifs is 5. The third-order valence-corrected chi connectivity index (χ3v) is 8.28. The van der Waals surface area contributed by atoms with Crippen LogP contribution in [0.15, 0.2) is 66.7 Å². The Morgan fingerprint density at radius 1 is 0.830 bits per heavy atom. The Kier molecular flexibility index (Phi) is 10.4. The normalized spacial score (nSPS) is 23.6. The highest BCUT2D eigenvalue weighted by Gasteiger charge is 2.38. The van der Waals surface area contributed by atoms with E-state index >= 15 is 0 Å². The number of allylic oxidation sites excluding steroid dienone is 1. The summed E-state index contributed by atoms with van der Waals surface area (Å²) >= 11 is 0. The van der Waals surface area contributed by atoms with E-state index in [4.69, 9.17) is 4.74 Å². The number of halogens is 8. The van der Waals surface area contributed by atoms with Crippen LogP contribution in [-0.4, -0.2) is 36.3 Å². The van der Waals surface area contributed by atoms with Crippen molar-refractivity contribution in [2.24, 2.45) is 0 Å². The smallest absolute Gasteiger partial charge is 0.390 e. The van der Waals surface area contributed by atoms with E-state index in [2.05, 4.69) is 10.6 Å². The number of alkyl halides is 6. The number of benzene rings is 3. The molecule has 0 aromatic heterocycles. The monoisotopic (exact) mass is 668 g/mol. The number of aliphatic hydroxyl groups is 1. The number of β-amino-alcohol motifs (C(OH)–C–C–N with tert-alkyl or cyclic N) is 1. The Morgan fingerprint density at radius 2 is 1.51 bits per heavy atom. The molecule has 252 valence electrons. The summed E-state index contributed by atoms with van der Waals surface area (Å²) in [5.74, 6) is -1.99. The highest BCUT2D eigenvalue weighted by Crippen LogP contribution is 2.44. The second-order valence-corrected chi connectivity index (χ2v) is 11.7. The average molecular weight is 669 g/mol. The van der Waals surface area contributed by atoms with Crippen LogP contribution in [0, 0.1) is 11.6 Å². The molecule has 47 heavy (non-hydrogen) atoms. The fourth-order valence-corrected chi connectivity index (χ4v) is 5.98. The molecule has 5 rings (SSSR count). The van der Waals surface area contributed by atoms with Gasteiger partial charge in [-0.1, -0.05) is 24.3 Å². The molecule has 3 aromatic rings. The van der Waals surface area contributed by atoms with E-state index in [1.54, 1.807) is 12.1 Å². The zero-order valence-electron chi connectivity index (χ0n) is 24.9. The number of aliphatic hydroxyl groups excluding tert-OH is 1.